The van der Waals surface area contributed by atoms with Crippen molar-refractivity contribution >= 4 is 19.5 Å². The van der Waals surface area contributed by atoms with Crippen LogP contribution in [0.5, 0.6) is 5.75 Å². The normalized spacial score (nSPS) is 23.1. The molecule has 14 heteroatoms. The van der Waals surface area contributed by atoms with Crippen molar-refractivity contribution in [2.45, 2.75) is 44.2 Å². The van der Waals surface area contributed by atoms with E-state index in [4.69, 9.17) is 24.3 Å². The van der Waals surface area contributed by atoms with E-state index in [0.29, 0.717) is 0 Å². The van der Waals surface area contributed by atoms with Crippen LogP contribution >= 0.6 is 7.75 Å². The first-order valence-electron chi connectivity index (χ1n) is 11.9. The maximum Gasteiger partial charge on any atom is 0.459 e. The summed E-state index contributed by atoms with van der Waals surface area (Å²) in [6, 6.07) is 17.2. The molecule has 12 nitrogen and oxygen atoms in total. The van der Waals surface area contributed by atoms with Crippen LogP contribution in [0.25, 0.3) is 0 Å². The molecule has 1 fully saturated rings. The predicted octanol–water partition coefficient (Wildman–Crippen LogP) is 2.35. The zero-order chi connectivity index (χ0) is 28.0. The van der Waals surface area contributed by atoms with Gasteiger partial charge < -0.3 is 24.8 Å². The third kappa shape index (κ3) is 7.28. The first kappa shape index (κ1) is 28.4. The maximum atomic E-state index is 14.9. The van der Waals surface area contributed by atoms with Crippen molar-refractivity contribution in [2.24, 2.45) is 0 Å². The lowest BCUT2D eigenvalue weighted by molar-refractivity contribution is -0.146. The van der Waals surface area contributed by atoms with Crippen LogP contribution in [0.2, 0.25) is 0 Å². The van der Waals surface area contributed by atoms with E-state index in [0.717, 1.165) is 10.1 Å². The zero-order valence-corrected chi connectivity index (χ0v) is 21.7. The van der Waals surface area contributed by atoms with E-state index in [-0.39, 0.29) is 18.2 Å². The summed E-state index contributed by atoms with van der Waals surface area (Å²) in [4.78, 5) is 28.2. The van der Waals surface area contributed by atoms with Crippen molar-refractivity contribution in [1.82, 2.24) is 14.6 Å². The molecule has 0 aliphatic carbocycles. The number of nitrogens with zero attached hydrogens (tertiary/aromatic N) is 2. The number of ether oxygens (including phenoxy) is 2. The lowest BCUT2D eigenvalue weighted by Gasteiger charge is -2.24. The molecule has 0 spiro atoms. The molecule has 1 aliphatic rings. The van der Waals surface area contributed by atoms with Crippen molar-refractivity contribution in [2.75, 3.05) is 12.3 Å². The van der Waals surface area contributed by atoms with Gasteiger partial charge in [-0.3, -0.25) is 13.9 Å². The van der Waals surface area contributed by atoms with Crippen LogP contribution in [-0.4, -0.2) is 51.7 Å². The number of carbonyl (C=O) groups is 1. The number of nitrogens with one attached hydrogen (secondary N) is 1. The standard InChI is InChI=1S/C25H28FN4O8P/c1-16(24(32)35-14-17-8-4-2-5-9-17)29-39(34,38-18-10-6-3-7-11-18)36-15-19-22(31)21(26)23(37-19)30-13-12-20(27)28-25(30)33/h2-13,16,19,21-23,31H,14-15H2,1H3,(H,29,34)(H2,27,28,33)/t16-,19+,21-,22?,23+,39?/m0/s1. The average molecular weight is 562 g/mol. The molecule has 39 heavy (non-hydrogen) atoms. The van der Waals surface area contributed by atoms with Crippen LogP contribution in [-0.2, 0) is 30.0 Å². The van der Waals surface area contributed by atoms with Crippen molar-refractivity contribution in [3.63, 3.8) is 0 Å². The number of aromatic nitrogens is 2. The largest absolute Gasteiger partial charge is 0.460 e. The second-order valence-corrected chi connectivity index (χ2v) is 10.4. The van der Waals surface area contributed by atoms with Crippen LogP contribution in [0, 0.1) is 0 Å². The van der Waals surface area contributed by atoms with E-state index in [1.54, 1.807) is 42.5 Å². The van der Waals surface area contributed by atoms with Gasteiger partial charge in [0.1, 0.15) is 36.4 Å². The first-order valence-corrected chi connectivity index (χ1v) is 13.5. The van der Waals surface area contributed by atoms with E-state index in [9.17, 15) is 23.7 Å². The monoisotopic (exact) mass is 562 g/mol. The zero-order valence-electron chi connectivity index (χ0n) is 20.8. The highest BCUT2D eigenvalue weighted by Gasteiger charge is 2.47. The Morgan fingerprint density at radius 2 is 1.87 bits per heavy atom. The molecule has 3 aromatic rings. The number of hydrogen-bond acceptors (Lipinski definition) is 10. The molecular formula is C25H28FN4O8P. The number of alkyl halides is 1. The second-order valence-electron chi connectivity index (χ2n) is 8.68. The lowest BCUT2D eigenvalue weighted by Crippen LogP contribution is -2.37. The van der Waals surface area contributed by atoms with Gasteiger partial charge in [-0.05, 0) is 30.7 Å². The highest BCUT2D eigenvalue weighted by atomic mass is 31.2. The molecule has 0 amide bonds. The topological polar surface area (TPSA) is 164 Å². The molecule has 1 aromatic heterocycles. The van der Waals surface area contributed by atoms with Gasteiger partial charge in [-0.15, -0.1) is 0 Å². The smallest absolute Gasteiger partial charge is 0.459 e. The molecule has 2 aromatic carbocycles. The van der Waals surface area contributed by atoms with Crippen LogP contribution in [0.15, 0.2) is 77.7 Å². The SMILES string of the molecule is C[C@H](NP(=O)(OC[C@H]1O[C@@H](n2ccc(N)nc2=O)[C@@H](F)C1O)Oc1ccccc1)C(=O)OCc1ccccc1. The quantitative estimate of drug-likeness (QED) is 0.232. The first-order chi connectivity index (χ1) is 18.6. The number of anilines is 1. The molecule has 208 valence electrons. The van der Waals surface area contributed by atoms with E-state index in [2.05, 4.69) is 10.1 Å². The lowest BCUT2D eigenvalue weighted by atomic mass is 10.1. The maximum absolute atomic E-state index is 14.9. The van der Waals surface area contributed by atoms with Gasteiger partial charge in [0.15, 0.2) is 12.4 Å². The third-order valence-electron chi connectivity index (χ3n) is 5.73. The minimum atomic E-state index is -4.32. The Morgan fingerprint density at radius 3 is 2.54 bits per heavy atom. The van der Waals surface area contributed by atoms with Gasteiger partial charge >= 0.3 is 19.4 Å². The van der Waals surface area contributed by atoms with Gasteiger partial charge in [-0.1, -0.05) is 48.5 Å². The van der Waals surface area contributed by atoms with Crippen molar-refractivity contribution < 1.29 is 37.4 Å². The molecule has 4 rings (SSSR count). The Labute approximate surface area is 223 Å². The minimum Gasteiger partial charge on any atom is -0.460 e. The van der Waals surface area contributed by atoms with E-state index in [1.807, 2.05) is 6.07 Å². The Hall–Kier alpha value is -3.61. The fraction of sp³-hybridized carbons (Fsp3) is 0.320. The number of nitrogen functional groups attached to an aromatic ring is 1. The molecule has 0 radical (unpaired) electrons. The molecule has 2 heterocycles. The van der Waals surface area contributed by atoms with Gasteiger partial charge in [0.2, 0.25) is 0 Å². The number of halogens is 1. The molecular weight excluding hydrogens is 534 g/mol. The van der Waals surface area contributed by atoms with Crippen LogP contribution in [0.3, 0.4) is 0 Å². The second kappa shape index (κ2) is 12.5. The number of aliphatic hydroxyl groups excluding tert-OH is 1. The number of hydrogen-bond donors (Lipinski definition) is 3. The highest BCUT2D eigenvalue weighted by Crippen LogP contribution is 2.46. The van der Waals surface area contributed by atoms with Gasteiger partial charge in [0.25, 0.3) is 0 Å². The number of para-hydroxylation sites is 1. The number of aliphatic hydroxyl groups is 1. The fourth-order valence-corrected chi connectivity index (χ4v) is 5.21. The number of rotatable bonds is 11. The van der Waals surface area contributed by atoms with Crippen molar-refractivity contribution in [3.05, 3.63) is 89.0 Å². The summed E-state index contributed by atoms with van der Waals surface area (Å²) in [6.07, 6.45) is -5.45. The summed E-state index contributed by atoms with van der Waals surface area (Å²) >= 11 is 0. The Morgan fingerprint density at radius 1 is 1.21 bits per heavy atom. The summed E-state index contributed by atoms with van der Waals surface area (Å²) in [7, 11) is -4.32. The van der Waals surface area contributed by atoms with Crippen LogP contribution in [0.4, 0.5) is 10.2 Å². The summed E-state index contributed by atoms with van der Waals surface area (Å²) in [5.74, 6) is -0.631. The molecule has 2 unspecified atom stereocenters. The van der Waals surface area contributed by atoms with E-state index < -0.39 is 56.7 Å². The Kier molecular flexibility index (Phi) is 9.10. The van der Waals surface area contributed by atoms with Crippen molar-refractivity contribution in [1.29, 1.82) is 0 Å². The molecule has 4 N–H and O–H groups in total. The summed E-state index contributed by atoms with van der Waals surface area (Å²) < 4.78 is 51.3. The highest BCUT2D eigenvalue weighted by molar-refractivity contribution is 7.52. The molecule has 0 saturated carbocycles. The predicted molar refractivity (Wildman–Crippen MR) is 137 cm³/mol. The van der Waals surface area contributed by atoms with Crippen LogP contribution < -0.4 is 21.0 Å². The van der Waals surface area contributed by atoms with Gasteiger partial charge in [-0.2, -0.15) is 10.1 Å². The number of carbonyl (C=O) groups excluding carboxylic acids is 1. The van der Waals surface area contributed by atoms with E-state index >= 15 is 0 Å². The molecule has 6 atom stereocenters. The third-order valence-corrected chi connectivity index (χ3v) is 7.37. The average Bonchev–Trinajstić information content (AvgIpc) is 3.20. The Bertz CT molecular complexity index is 1360. The minimum absolute atomic E-state index is 0.00284. The summed E-state index contributed by atoms with van der Waals surface area (Å²) in [5, 5.41) is 12.9. The van der Waals surface area contributed by atoms with E-state index in [1.165, 1.54) is 31.3 Å². The van der Waals surface area contributed by atoms with Gasteiger partial charge in [0, 0.05) is 6.20 Å². The molecule has 0 bridgehead atoms. The Balaban J connectivity index is 1.44. The number of esters is 1. The molecule has 1 aliphatic heterocycles. The van der Waals surface area contributed by atoms with Gasteiger partial charge in [-0.25, -0.2) is 13.8 Å². The van der Waals surface area contributed by atoms with Crippen LogP contribution in [0.1, 0.15) is 18.7 Å². The number of benzene rings is 2. The number of nitrogens with two attached hydrogens (primary N) is 1. The van der Waals surface area contributed by atoms with Gasteiger partial charge in [0.05, 0.1) is 6.61 Å². The summed E-state index contributed by atoms with van der Waals surface area (Å²) in [6.45, 7) is 0.794. The molecule has 1 saturated heterocycles. The fourth-order valence-electron chi connectivity index (χ4n) is 3.71. The van der Waals surface area contributed by atoms with Crippen molar-refractivity contribution in [3.8, 4) is 5.75 Å². The summed E-state index contributed by atoms with van der Waals surface area (Å²) in [5.41, 5.74) is 5.35.